The van der Waals surface area contributed by atoms with E-state index in [1.54, 1.807) is 0 Å². The van der Waals surface area contributed by atoms with Crippen LogP contribution in [0.4, 0.5) is 0 Å². The third-order valence-corrected chi connectivity index (χ3v) is 3.64. The molecule has 0 aliphatic carbocycles. The Morgan fingerprint density at radius 3 is 2.15 bits per heavy atom. The summed E-state index contributed by atoms with van der Waals surface area (Å²) in [5, 5.41) is 2.17. The minimum atomic E-state index is 0.678. The van der Waals surface area contributed by atoms with Crippen molar-refractivity contribution in [2.24, 2.45) is 0 Å². The van der Waals surface area contributed by atoms with Gasteiger partial charge in [-0.25, -0.2) is 0 Å². The quantitative estimate of drug-likeness (QED) is 0.467. The summed E-state index contributed by atoms with van der Waals surface area (Å²) in [5.74, 6) is 0. The van der Waals surface area contributed by atoms with Crippen molar-refractivity contribution in [3.05, 3.63) is 66.7 Å². The molecule has 92 valence electrons. The zero-order valence-electron chi connectivity index (χ0n) is 10.8. The van der Waals surface area contributed by atoms with E-state index in [4.69, 9.17) is 12.3 Å². The van der Waals surface area contributed by atoms with E-state index in [9.17, 15) is 0 Å². The molecule has 20 heavy (non-hydrogen) atoms. The molecular weight excluding hydrogens is 243 g/mol. The third-order valence-electron chi connectivity index (χ3n) is 3.64. The van der Waals surface area contributed by atoms with Crippen molar-refractivity contribution < 1.29 is 4.42 Å². The van der Waals surface area contributed by atoms with Gasteiger partial charge in [0.1, 0.15) is 19.0 Å². The molecule has 4 aromatic rings. The van der Waals surface area contributed by atoms with Crippen molar-refractivity contribution in [1.82, 2.24) is 0 Å². The molecule has 1 nitrogen and oxygen atoms in total. The van der Waals surface area contributed by atoms with Crippen molar-refractivity contribution in [1.29, 1.82) is 0 Å². The average molecular weight is 254 g/mol. The second-order valence-electron chi connectivity index (χ2n) is 4.87. The van der Waals surface area contributed by atoms with E-state index < -0.39 is 0 Å². The van der Waals surface area contributed by atoms with Gasteiger partial charge in [-0.1, -0.05) is 72.2 Å². The van der Waals surface area contributed by atoms with Crippen LogP contribution < -0.4 is 5.46 Å². The summed E-state index contributed by atoms with van der Waals surface area (Å²) in [7, 11) is 6.02. The van der Waals surface area contributed by atoms with E-state index in [-0.39, 0.29) is 0 Å². The molecular formula is C18H11BO. The molecule has 0 atom stereocenters. The first kappa shape index (κ1) is 11.4. The first-order valence-electron chi connectivity index (χ1n) is 6.60. The molecule has 0 saturated heterocycles. The molecule has 0 saturated carbocycles. The van der Waals surface area contributed by atoms with Crippen LogP contribution >= 0.6 is 0 Å². The molecule has 3 aromatic carbocycles. The van der Waals surface area contributed by atoms with E-state index in [1.807, 2.05) is 36.4 Å². The second-order valence-corrected chi connectivity index (χ2v) is 4.87. The lowest BCUT2D eigenvalue weighted by Crippen LogP contribution is -2.00. The first-order valence-corrected chi connectivity index (χ1v) is 6.60. The standard InChI is InChI=1S/C18H11BO/c19-16-11-5-10-15-14-9-4-8-13(17(14)20-18(15)16)12-6-2-1-3-7-12/h1-11H. The zero-order chi connectivity index (χ0) is 13.5. The highest BCUT2D eigenvalue weighted by molar-refractivity contribution is 6.39. The molecule has 0 bridgehead atoms. The zero-order valence-corrected chi connectivity index (χ0v) is 10.8. The van der Waals surface area contributed by atoms with Gasteiger partial charge in [-0.2, -0.15) is 0 Å². The molecule has 0 spiro atoms. The van der Waals surface area contributed by atoms with Gasteiger partial charge in [0, 0.05) is 16.3 Å². The van der Waals surface area contributed by atoms with E-state index in [2.05, 4.69) is 30.3 Å². The van der Waals surface area contributed by atoms with Gasteiger partial charge in [0.15, 0.2) is 0 Å². The summed E-state index contributed by atoms with van der Waals surface area (Å²) in [6.07, 6.45) is 0. The highest BCUT2D eigenvalue weighted by atomic mass is 16.3. The molecule has 1 aromatic heterocycles. The van der Waals surface area contributed by atoms with Crippen LogP contribution in [0, 0.1) is 0 Å². The summed E-state index contributed by atoms with van der Waals surface area (Å²) in [5.41, 5.74) is 4.59. The molecule has 0 unspecified atom stereocenters. The predicted octanol–water partition coefficient (Wildman–Crippen LogP) is 4.05. The molecule has 0 amide bonds. The Kier molecular flexibility index (Phi) is 2.43. The fraction of sp³-hybridized carbons (Fsp3) is 0. The number of fused-ring (bicyclic) bond motifs is 3. The molecule has 0 N–H and O–H groups in total. The van der Waals surface area contributed by atoms with Crippen LogP contribution in [0.3, 0.4) is 0 Å². The molecule has 0 fully saturated rings. The fourth-order valence-electron chi connectivity index (χ4n) is 2.69. The molecule has 2 radical (unpaired) electrons. The van der Waals surface area contributed by atoms with Crippen molar-refractivity contribution in [3.8, 4) is 11.1 Å². The fourth-order valence-corrected chi connectivity index (χ4v) is 2.69. The Morgan fingerprint density at radius 2 is 1.35 bits per heavy atom. The van der Waals surface area contributed by atoms with Crippen molar-refractivity contribution in [2.75, 3.05) is 0 Å². The van der Waals surface area contributed by atoms with Crippen LogP contribution in [0.25, 0.3) is 33.1 Å². The van der Waals surface area contributed by atoms with Crippen LogP contribution in [0.15, 0.2) is 71.1 Å². The Labute approximate surface area is 118 Å². The number of furan rings is 1. The lowest BCUT2D eigenvalue weighted by atomic mass is 9.94. The summed E-state index contributed by atoms with van der Waals surface area (Å²) in [4.78, 5) is 0. The highest BCUT2D eigenvalue weighted by Gasteiger charge is 2.12. The van der Waals surface area contributed by atoms with Crippen LogP contribution in [-0.4, -0.2) is 7.85 Å². The average Bonchev–Trinajstić information content (AvgIpc) is 2.88. The molecule has 1 heterocycles. The topological polar surface area (TPSA) is 13.1 Å². The Bertz CT molecular complexity index is 907. The summed E-state index contributed by atoms with van der Waals surface area (Å²) >= 11 is 0. The van der Waals surface area contributed by atoms with Crippen molar-refractivity contribution in [2.45, 2.75) is 0 Å². The number of hydrogen-bond donors (Lipinski definition) is 0. The smallest absolute Gasteiger partial charge is 0.143 e. The monoisotopic (exact) mass is 254 g/mol. The van der Waals surface area contributed by atoms with E-state index in [1.165, 1.54) is 0 Å². The number of rotatable bonds is 1. The van der Waals surface area contributed by atoms with Gasteiger partial charge >= 0.3 is 0 Å². The summed E-state index contributed by atoms with van der Waals surface area (Å²) in [6, 6.07) is 22.3. The summed E-state index contributed by atoms with van der Waals surface area (Å²) in [6.45, 7) is 0. The molecule has 4 rings (SSSR count). The third kappa shape index (κ3) is 1.58. The maximum Gasteiger partial charge on any atom is 0.143 e. The second kappa shape index (κ2) is 4.27. The Morgan fingerprint density at radius 1 is 0.650 bits per heavy atom. The lowest BCUT2D eigenvalue weighted by Gasteiger charge is -2.01. The Hall–Kier alpha value is -2.48. The molecule has 2 heteroatoms. The van der Waals surface area contributed by atoms with E-state index >= 15 is 0 Å². The summed E-state index contributed by atoms with van der Waals surface area (Å²) < 4.78 is 6.04. The van der Waals surface area contributed by atoms with E-state index in [0.717, 1.165) is 33.1 Å². The van der Waals surface area contributed by atoms with Crippen LogP contribution in [0.1, 0.15) is 0 Å². The Balaban J connectivity index is 2.14. The number of hydrogen-bond acceptors (Lipinski definition) is 1. The van der Waals surface area contributed by atoms with Crippen molar-refractivity contribution >= 4 is 35.2 Å². The van der Waals surface area contributed by atoms with Crippen LogP contribution in [0.2, 0.25) is 0 Å². The van der Waals surface area contributed by atoms with Crippen molar-refractivity contribution in [3.63, 3.8) is 0 Å². The predicted molar refractivity (Wildman–Crippen MR) is 84.5 cm³/mol. The van der Waals surface area contributed by atoms with Gasteiger partial charge in [0.05, 0.1) is 0 Å². The van der Waals surface area contributed by atoms with Gasteiger partial charge in [-0.15, -0.1) is 0 Å². The number of benzene rings is 3. The molecule has 0 aliphatic rings. The van der Waals surface area contributed by atoms with Gasteiger partial charge in [0.2, 0.25) is 0 Å². The maximum absolute atomic E-state index is 6.04. The minimum absolute atomic E-state index is 0.678. The largest absolute Gasteiger partial charge is 0.456 e. The highest BCUT2D eigenvalue weighted by Crippen LogP contribution is 2.34. The normalized spacial score (nSPS) is 11.2. The van der Waals surface area contributed by atoms with Gasteiger partial charge in [-0.05, 0) is 5.56 Å². The molecule has 0 aliphatic heterocycles. The lowest BCUT2D eigenvalue weighted by molar-refractivity contribution is 0.672. The van der Waals surface area contributed by atoms with E-state index in [0.29, 0.717) is 5.46 Å². The van der Waals surface area contributed by atoms with Crippen LogP contribution in [-0.2, 0) is 0 Å². The van der Waals surface area contributed by atoms with Gasteiger partial charge in [-0.3, -0.25) is 0 Å². The van der Waals surface area contributed by atoms with Gasteiger partial charge < -0.3 is 4.42 Å². The maximum atomic E-state index is 6.04. The minimum Gasteiger partial charge on any atom is -0.456 e. The first-order chi connectivity index (χ1) is 9.84. The van der Waals surface area contributed by atoms with Crippen LogP contribution in [0.5, 0.6) is 0 Å². The number of para-hydroxylation sites is 2. The van der Waals surface area contributed by atoms with Gasteiger partial charge in [0.25, 0.3) is 0 Å². The SMILES string of the molecule is [B]c1cccc2c1oc1c(-c3ccccc3)cccc12.